The van der Waals surface area contributed by atoms with E-state index in [1.807, 2.05) is 24.3 Å². The molecular weight excluding hydrogens is 247 g/mol. The summed E-state index contributed by atoms with van der Waals surface area (Å²) in [5, 5.41) is 11.3. The van der Waals surface area contributed by atoms with Crippen molar-refractivity contribution in [3.05, 3.63) is 24.3 Å². The van der Waals surface area contributed by atoms with Crippen LogP contribution in [-0.4, -0.2) is 37.1 Å². The van der Waals surface area contributed by atoms with E-state index in [9.17, 15) is 4.79 Å². The van der Waals surface area contributed by atoms with Gasteiger partial charge in [-0.15, -0.1) is 0 Å². The first-order valence-corrected chi connectivity index (χ1v) is 5.78. The number of nitrogens with zero attached hydrogens (tertiary/aromatic N) is 1. The summed E-state index contributed by atoms with van der Waals surface area (Å²) in [6, 6.07) is 7.86. The molecule has 5 heteroatoms. The Hall–Kier alpha value is -1.32. The predicted molar refractivity (Wildman–Crippen MR) is 54.8 cm³/mol. The van der Waals surface area contributed by atoms with E-state index in [1.165, 1.54) is 4.26 Å². The third-order valence-electron chi connectivity index (χ3n) is 1.68. The Balaban J connectivity index is 2.22. The Bertz CT molecular complexity index is 434. The van der Waals surface area contributed by atoms with Crippen molar-refractivity contribution in [1.82, 2.24) is 4.98 Å². The molecule has 1 aromatic heterocycles. The summed E-state index contributed by atoms with van der Waals surface area (Å²) in [5.41, 5.74) is 0.959. The number of carbonyl (C=O) groups is 1. The molecule has 0 aliphatic rings. The molecule has 0 saturated heterocycles. The average Bonchev–Trinajstić information content (AvgIpc) is 2.57. The molecule has 0 radical (unpaired) electrons. The van der Waals surface area contributed by atoms with Crippen LogP contribution >= 0.6 is 0 Å². The van der Waals surface area contributed by atoms with Gasteiger partial charge in [-0.25, -0.2) is 0 Å². The van der Waals surface area contributed by atoms with Crippen LogP contribution in [0.25, 0.3) is 9.78 Å². The molecule has 0 aliphatic carbocycles. The fourth-order valence-corrected chi connectivity index (χ4v) is 2.91. The topological polar surface area (TPSA) is 62.2 Å². The molecule has 2 rings (SSSR count). The quantitative estimate of drug-likeness (QED) is 0.796. The van der Waals surface area contributed by atoms with Gasteiger partial charge in [-0.1, -0.05) is 0 Å². The van der Waals surface area contributed by atoms with E-state index in [0.29, 0.717) is 0 Å². The summed E-state index contributed by atoms with van der Waals surface area (Å²) in [4.78, 5) is 14.6. The van der Waals surface area contributed by atoms with Gasteiger partial charge in [0.05, 0.1) is 0 Å². The van der Waals surface area contributed by atoms with Crippen molar-refractivity contribution >= 4 is 34.9 Å². The number of nitrogens with one attached hydrogen (secondary N) is 1. The molecule has 1 aromatic carbocycles. The Kier molecular flexibility index (Phi) is 2.52. The minimum absolute atomic E-state index is 0.0609. The second-order valence-corrected chi connectivity index (χ2v) is 4.90. The molecule has 0 spiro atoms. The zero-order chi connectivity index (χ0) is 9.97. The SMILES string of the molecule is O=C(O)CNc1nc2ccccc2[se]1. The fraction of sp³-hybridized carbons (Fsp3) is 0.111. The second-order valence-electron chi connectivity index (χ2n) is 2.73. The van der Waals surface area contributed by atoms with Gasteiger partial charge in [-0.05, 0) is 0 Å². The number of carboxylic acid groups (broad SMARTS) is 1. The Morgan fingerprint density at radius 3 is 3.00 bits per heavy atom. The number of aliphatic carboxylic acids is 1. The van der Waals surface area contributed by atoms with Crippen molar-refractivity contribution in [2.24, 2.45) is 0 Å². The molecule has 0 unspecified atom stereocenters. The predicted octanol–water partition coefficient (Wildman–Crippen LogP) is 0.788. The standard InChI is InChI=1S/C9H8N2O2Se/c12-8(13)5-10-9-11-6-3-1-2-4-7(6)14-9/h1-4H,5H2,(H,10,11)(H,12,13). The van der Waals surface area contributed by atoms with Crippen LogP contribution in [0.2, 0.25) is 0 Å². The van der Waals surface area contributed by atoms with Gasteiger partial charge >= 0.3 is 86.0 Å². The van der Waals surface area contributed by atoms with Crippen molar-refractivity contribution in [2.75, 3.05) is 11.9 Å². The summed E-state index contributed by atoms with van der Waals surface area (Å²) in [6.45, 7) is -0.0609. The van der Waals surface area contributed by atoms with Gasteiger partial charge in [-0.3, -0.25) is 0 Å². The minimum atomic E-state index is -0.862. The van der Waals surface area contributed by atoms with Gasteiger partial charge in [0.2, 0.25) is 0 Å². The van der Waals surface area contributed by atoms with Gasteiger partial charge in [0, 0.05) is 0 Å². The molecule has 2 N–H and O–H groups in total. The molecule has 0 atom stereocenters. The van der Waals surface area contributed by atoms with Gasteiger partial charge < -0.3 is 0 Å². The number of aromatic nitrogens is 1. The number of rotatable bonds is 3. The molecule has 4 nitrogen and oxygen atoms in total. The average molecular weight is 255 g/mol. The first-order chi connectivity index (χ1) is 6.75. The van der Waals surface area contributed by atoms with Crippen molar-refractivity contribution < 1.29 is 9.90 Å². The molecular formula is C9H8N2O2Se. The van der Waals surface area contributed by atoms with Crippen LogP contribution in [0.15, 0.2) is 24.3 Å². The van der Waals surface area contributed by atoms with Gasteiger partial charge in [0.25, 0.3) is 0 Å². The van der Waals surface area contributed by atoms with Crippen LogP contribution in [-0.2, 0) is 4.79 Å². The molecule has 2 aromatic rings. The number of fused-ring (bicyclic) bond motifs is 1. The number of para-hydroxylation sites is 1. The Morgan fingerprint density at radius 1 is 1.50 bits per heavy atom. The van der Waals surface area contributed by atoms with Crippen molar-refractivity contribution in [1.29, 1.82) is 0 Å². The van der Waals surface area contributed by atoms with E-state index in [1.54, 1.807) is 0 Å². The zero-order valence-electron chi connectivity index (χ0n) is 7.23. The maximum atomic E-state index is 10.3. The van der Waals surface area contributed by atoms with E-state index in [-0.39, 0.29) is 21.0 Å². The van der Waals surface area contributed by atoms with E-state index >= 15 is 0 Å². The van der Waals surface area contributed by atoms with Crippen LogP contribution in [0.4, 0.5) is 4.69 Å². The summed E-state index contributed by atoms with van der Waals surface area (Å²) in [7, 11) is 0. The Labute approximate surface area is 86.3 Å². The van der Waals surface area contributed by atoms with Crippen LogP contribution < -0.4 is 5.32 Å². The van der Waals surface area contributed by atoms with E-state index in [2.05, 4.69) is 10.3 Å². The third kappa shape index (κ3) is 1.95. The summed E-state index contributed by atoms with van der Waals surface area (Å²) < 4.78 is 1.99. The van der Waals surface area contributed by atoms with Crippen molar-refractivity contribution in [3.8, 4) is 0 Å². The second kappa shape index (κ2) is 3.82. The fourth-order valence-electron chi connectivity index (χ4n) is 1.10. The molecule has 0 bridgehead atoms. The zero-order valence-corrected chi connectivity index (χ0v) is 8.94. The summed E-state index contributed by atoms with van der Waals surface area (Å²) >= 11 is 0.131. The first-order valence-electron chi connectivity index (χ1n) is 4.07. The number of anilines is 1. The number of hydrogen-bond donors (Lipinski definition) is 2. The van der Waals surface area contributed by atoms with E-state index < -0.39 is 5.97 Å². The molecule has 0 amide bonds. The molecule has 0 saturated carbocycles. The van der Waals surface area contributed by atoms with Gasteiger partial charge in [0.1, 0.15) is 0 Å². The van der Waals surface area contributed by atoms with Crippen LogP contribution in [0, 0.1) is 0 Å². The van der Waals surface area contributed by atoms with E-state index in [0.717, 1.165) is 10.2 Å². The van der Waals surface area contributed by atoms with Crippen LogP contribution in [0.1, 0.15) is 0 Å². The van der Waals surface area contributed by atoms with Crippen LogP contribution in [0.5, 0.6) is 0 Å². The number of benzene rings is 1. The van der Waals surface area contributed by atoms with E-state index in [4.69, 9.17) is 5.11 Å². The van der Waals surface area contributed by atoms with Crippen molar-refractivity contribution in [2.45, 2.75) is 0 Å². The van der Waals surface area contributed by atoms with Crippen LogP contribution in [0.3, 0.4) is 0 Å². The molecule has 72 valence electrons. The summed E-state index contributed by atoms with van der Waals surface area (Å²) in [5.74, 6) is -0.862. The number of carboxylic acids is 1. The monoisotopic (exact) mass is 256 g/mol. The molecule has 0 aliphatic heterocycles. The molecule has 14 heavy (non-hydrogen) atoms. The summed E-state index contributed by atoms with van der Waals surface area (Å²) in [6.07, 6.45) is 0. The molecule has 1 heterocycles. The first kappa shape index (κ1) is 9.24. The normalized spacial score (nSPS) is 10.3. The van der Waals surface area contributed by atoms with Gasteiger partial charge in [0.15, 0.2) is 0 Å². The van der Waals surface area contributed by atoms with Crippen molar-refractivity contribution in [3.63, 3.8) is 0 Å². The third-order valence-corrected chi connectivity index (χ3v) is 3.77. The molecule has 0 fully saturated rings. The number of hydrogen-bond acceptors (Lipinski definition) is 3. The maximum absolute atomic E-state index is 10.3. The van der Waals surface area contributed by atoms with Gasteiger partial charge in [-0.2, -0.15) is 0 Å². The Morgan fingerprint density at radius 2 is 2.29 bits per heavy atom.